The zero-order chi connectivity index (χ0) is 13.6. The predicted molar refractivity (Wildman–Crippen MR) is 87.3 cm³/mol. The molecule has 2 unspecified atom stereocenters. The second kappa shape index (κ2) is 9.09. The Morgan fingerprint density at radius 2 is 2.16 bits per heavy atom. The second-order valence-corrected chi connectivity index (χ2v) is 7.65. The van der Waals surface area contributed by atoms with E-state index >= 15 is 0 Å². The summed E-state index contributed by atoms with van der Waals surface area (Å²) in [5.74, 6) is 2.42. The summed E-state index contributed by atoms with van der Waals surface area (Å²) in [7, 11) is 0. The average molecular weight is 309 g/mol. The number of nitrogens with one attached hydrogen (secondary N) is 2. The lowest BCUT2D eigenvalue weighted by molar-refractivity contribution is -0.122. The molecule has 19 heavy (non-hydrogen) atoms. The Morgan fingerprint density at radius 1 is 1.47 bits per heavy atom. The fraction of sp³-hybridized carbons (Fsp3) is 0.929. The van der Waals surface area contributed by atoms with Gasteiger partial charge >= 0.3 is 0 Å². The molecule has 0 bridgehead atoms. The number of carbonyl (C=O) groups is 1. The van der Waals surface area contributed by atoms with Crippen molar-refractivity contribution in [2.24, 2.45) is 5.41 Å². The third kappa shape index (κ3) is 9.58. The van der Waals surface area contributed by atoms with E-state index in [9.17, 15) is 4.79 Å². The molecule has 2 atom stereocenters. The Morgan fingerprint density at radius 3 is 2.68 bits per heavy atom. The number of halogens is 1. The number of hydrogen-bond donors (Lipinski definition) is 2. The normalized spacial score (nSPS) is 21.4. The van der Waals surface area contributed by atoms with Crippen LogP contribution in [0.25, 0.3) is 0 Å². The van der Waals surface area contributed by atoms with Gasteiger partial charge in [-0.1, -0.05) is 20.8 Å². The standard InChI is InChI=1S/C14H28N2OS.ClH/c1-11(5-6-14(2,3)4)16-13(17)9-12-10-18-8-7-15-12;/h11-12,15H,5-10H2,1-4H3,(H,16,17);1H. The van der Waals surface area contributed by atoms with Gasteiger partial charge in [-0.3, -0.25) is 4.79 Å². The van der Waals surface area contributed by atoms with Crippen molar-refractivity contribution in [2.75, 3.05) is 18.1 Å². The minimum Gasteiger partial charge on any atom is -0.354 e. The van der Waals surface area contributed by atoms with Crippen molar-refractivity contribution in [3.05, 3.63) is 0 Å². The third-order valence-corrected chi connectivity index (χ3v) is 4.30. The van der Waals surface area contributed by atoms with E-state index in [1.54, 1.807) is 0 Å². The molecule has 2 N–H and O–H groups in total. The summed E-state index contributed by atoms with van der Waals surface area (Å²) in [6.07, 6.45) is 2.82. The Hall–Kier alpha value is 0.0700. The number of thioether (sulfide) groups is 1. The van der Waals surface area contributed by atoms with Crippen molar-refractivity contribution in [3.8, 4) is 0 Å². The molecule has 1 aliphatic heterocycles. The smallest absolute Gasteiger partial charge is 0.221 e. The first-order chi connectivity index (χ1) is 8.37. The van der Waals surface area contributed by atoms with Crippen molar-refractivity contribution in [1.82, 2.24) is 10.6 Å². The van der Waals surface area contributed by atoms with Crippen molar-refractivity contribution in [3.63, 3.8) is 0 Å². The Balaban J connectivity index is 0.00000324. The van der Waals surface area contributed by atoms with E-state index in [1.807, 2.05) is 11.8 Å². The van der Waals surface area contributed by atoms with E-state index in [-0.39, 0.29) is 24.4 Å². The summed E-state index contributed by atoms with van der Waals surface area (Å²) in [4.78, 5) is 11.9. The molecule has 0 aromatic rings. The highest BCUT2D eigenvalue weighted by Gasteiger charge is 2.18. The van der Waals surface area contributed by atoms with E-state index in [0.717, 1.165) is 25.1 Å². The number of carbonyl (C=O) groups excluding carboxylic acids is 1. The lowest BCUT2D eigenvalue weighted by atomic mass is 9.89. The van der Waals surface area contributed by atoms with Crippen LogP contribution in [-0.4, -0.2) is 36.0 Å². The van der Waals surface area contributed by atoms with Crippen LogP contribution in [-0.2, 0) is 4.79 Å². The second-order valence-electron chi connectivity index (χ2n) is 6.50. The lowest BCUT2D eigenvalue weighted by Crippen LogP contribution is -2.43. The van der Waals surface area contributed by atoms with Crippen molar-refractivity contribution < 1.29 is 4.79 Å². The number of amides is 1. The van der Waals surface area contributed by atoms with Gasteiger partial charge in [-0.25, -0.2) is 0 Å². The minimum atomic E-state index is 0. The first-order valence-corrected chi connectivity index (χ1v) is 8.13. The number of rotatable bonds is 5. The van der Waals surface area contributed by atoms with Gasteiger partial charge < -0.3 is 10.6 Å². The summed E-state index contributed by atoms with van der Waals surface area (Å²) in [6.45, 7) is 9.86. The highest BCUT2D eigenvalue weighted by molar-refractivity contribution is 7.99. The van der Waals surface area contributed by atoms with Crippen LogP contribution in [0, 0.1) is 5.41 Å². The average Bonchev–Trinajstić information content (AvgIpc) is 2.26. The fourth-order valence-corrected chi connectivity index (χ4v) is 2.98. The highest BCUT2D eigenvalue weighted by atomic mass is 35.5. The molecular weight excluding hydrogens is 280 g/mol. The molecule has 3 nitrogen and oxygen atoms in total. The maximum atomic E-state index is 11.9. The van der Waals surface area contributed by atoms with Gasteiger partial charge in [0.25, 0.3) is 0 Å². The molecule has 0 aromatic heterocycles. The van der Waals surface area contributed by atoms with Crippen LogP contribution in [0.4, 0.5) is 0 Å². The summed E-state index contributed by atoms with van der Waals surface area (Å²) >= 11 is 1.94. The van der Waals surface area contributed by atoms with Crippen molar-refractivity contribution in [2.45, 2.75) is 59.0 Å². The Labute approximate surface area is 128 Å². The number of hydrogen-bond acceptors (Lipinski definition) is 3. The third-order valence-electron chi connectivity index (χ3n) is 3.16. The molecule has 0 radical (unpaired) electrons. The largest absolute Gasteiger partial charge is 0.354 e. The summed E-state index contributed by atoms with van der Waals surface area (Å²) in [5, 5.41) is 6.51. The molecule has 1 saturated heterocycles. The SMILES string of the molecule is CC(CCC(C)(C)C)NC(=O)CC1CSCCN1.Cl. The Kier molecular flexibility index (Phi) is 9.12. The fourth-order valence-electron chi connectivity index (χ4n) is 2.03. The van der Waals surface area contributed by atoms with Gasteiger partial charge in [0.2, 0.25) is 5.91 Å². The molecule has 0 aliphatic carbocycles. The molecule has 1 aliphatic rings. The van der Waals surface area contributed by atoms with Crippen LogP contribution in [0.2, 0.25) is 0 Å². The highest BCUT2D eigenvalue weighted by Crippen LogP contribution is 2.21. The molecule has 114 valence electrons. The quantitative estimate of drug-likeness (QED) is 0.820. The van der Waals surface area contributed by atoms with Gasteiger partial charge in [0.15, 0.2) is 0 Å². The van der Waals surface area contributed by atoms with Gasteiger partial charge in [-0.05, 0) is 25.2 Å². The van der Waals surface area contributed by atoms with Crippen LogP contribution in [0.1, 0.15) is 47.0 Å². The van der Waals surface area contributed by atoms with Crippen LogP contribution in [0.3, 0.4) is 0 Å². The van der Waals surface area contributed by atoms with Crippen LogP contribution in [0.15, 0.2) is 0 Å². The molecular formula is C14H29ClN2OS. The molecule has 0 spiro atoms. The van der Waals surface area contributed by atoms with E-state index in [1.165, 1.54) is 5.75 Å². The van der Waals surface area contributed by atoms with Crippen LogP contribution >= 0.6 is 24.2 Å². The lowest BCUT2D eigenvalue weighted by Gasteiger charge is -2.24. The maximum Gasteiger partial charge on any atom is 0.221 e. The molecule has 5 heteroatoms. The van der Waals surface area contributed by atoms with E-state index < -0.39 is 0 Å². The van der Waals surface area contributed by atoms with E-state index in [0.29, 0.717) is 17.9 Å². The predicted octanol–water partition coefficient (Wildman–Crippen LogP) is 2.83. The molecule has 1 rings (SSSR count). The van der Waals surface area contributed by atoms with Gasteiger partial charge in [0.05, 0.1) is 0 Å². The molecule has 1 amide bonds. The first kappa shape index (κ1) is 19.1. The van der Waals surface area contributed by atoms with Crippen molar-refractivity contribution >= 4 is 30.1 Å². The molecule has 0 saturated carbocycles. The van der Waals surface area contributed by atoms with E-state index in [2.05, 4.69) is 38.3 Å². The summed E-state index contributed by atoms with van der Waals surface area (Å²) in [5.41, 5.74) is 0.348. The summed E-state index contributed by atoms with van der Waals surface area (Å²) < 4.78 is 0. The molecule has 1 heterocycles. The van der Waals surface area contributed by atoms with Crippen LogP contribution < -0.4 is 10.6 Å². The monoisotopic (exact) mass is 308 g/mol. The van der Waals surface area contributed by atoms with Crippen LogP contribution in [0.5, 0.6) is 0 Å². The van der Waals surface area contributed by atoms with Gasteiger partial charge in [-0.15, -0.1) is 12.4 Å². The van der Waals surface area contributed by atoms with Gasteiger partial charge in [0.1, 0.15) is 0 Å². The Bertz CT molecular complexity index is 263. The van der Waals surface area contributed by atoms with Gasteiger partial charge in [-0.2, -0.15) is 11.8 Å². The zero-order valence-corrected chi connectivity index (χ0v) is 14.3. The zero-order valence-electron chi connectivity index (χ0n) is 12.6. The van der Waals surface area contributed by atoms with E-state index in [4.69, 9.17) is 0 Å². The minimum absolute atomic E-state index is 0. The molecule has 1 fully saturated rings. The topological polar surface area (TPSA) is 41.1 Å². The molecule has 0 aromatic carbocycles. The summed E-state index contributed by atoms with van der Waals surface area (Å²) in [6, 6.07) is 0.645. The van der Waals surface area contributed by atoms with Gasteiger partial charge in [0, 0.05) is 36.6 Å². The van der Waals surface area contributed by atoms with Crippen molar-refractivity contribution in [1.29, 1.82) is 0 Å². The first-order valence-electron chi connectivity index (χ1n) is 6.97. The maximum absolute atomic E-state index is 11.9.